The van der Waals surface area contributed by atoms with Crippen molar-refractivity contribution in [3.05, 3.63) is 102 Å². The van der Waals surface area contributed by atoms with Crippen LogP contribution in [0.5, 0.6) is 0 Å². The number of hydrogen-bond donors (Lipinski definition) is 3. The summed E-state index contributed by atoms with van der Waals surface area (Å²) in [5.41, 5.74) is 4.18. The Morgan fingerprint density at radius 3 is 2.26 bits per heavy atom. The zero-order valence-electron chi connectivity index (χ0n) is 20.5. The van der Waals surface area contributed by atoms with Gasteiger partial charge >= 0.3 is 5.97 Å². The summed E-state index contributed by atoms with van der Waals surface area (Å²) in [5, 5.41) is 19.5. The minimum absolute atomic E-state index is 0.215. The molecule has 0 saturated heterocycles. The Morgan fingerprint density at radius 2 is 1.56 bits per heavy atom. The van der Waals surface area contributed by atoms with Gasteiger partial charge in [0.25, 0.3) is 0 Å². The summed E-state index contributed by atoms with van der Waals surface area (Å²) in [6.45, 7) is 0. The van der Waals surface area contributed by atoms with Crippen LogP contribution >= 0.6 is 35.2 Å². The maximum Gasteiger partial charge on any atom is 0.358 e. The number of methoxy groups -OCH3 is 1. The van der Waals surface area contributed by atoms with E-state index >= 15 is 0 Å². The molecule has 0 aliphatic rings. The van der Waals surface area contributed by atoms with Crippen LogP contribution in [0.3, 0.4) is 0 Å². The van der Waals surface area contributed by atoms with E-state index in [1.165, 1.54) is 18.4 Å². The number of thiocarbonyl (C=S) groups is 1. The van der Waals surface area contributed by atoms with Crippen LogP contribution in [0.4, 0.5) is 22.3 Å². The zero-order chi connectivity index (χ0) is 27.2. The summed E-state index contributed by atoms with van der Waals surface area (Å²) >= 11 is 12.9. The third-order valence-corrected chi connectivity index (χ3v) is 6.98. The lowest BCUT2D eigenvalue weighted by atomic mass is 10.1. The van der Waals surface area contributed by atoms with Crippen LogP contribution in [0.1, 0.15) is 10.5 Å². The van der Waals surface area contributed by atoms with Gasteiger partial charge in [-0.25, -0.2) is 9.78 Å². The summed E-state index contributed by atoms with van der Waals surface area (Å²) in [5.74, 6) is -0.0201. The summed E-state index contributed by atoms with van der Waals surface area (Å²) in [7, 11) is 1.33. The van der Waals surface area contributed by atoms with Crippen molar-refractivity contribution in [2.75, 3.05) is 23.1 Å². The summed E-state index contributed by atoms with van der Waals surface area (Å²) in [4.78, 5) is 17.6. The highest BCUT2D eigenvalue weighted by molar-refractivity contribution is 7.80. The molecular weight excluding hydrogens is 552 g/mol. The van der Waals surface area contributed by atoms with Gasteiger partial charge in [-0.1, -0.05) is 77.5 Å². The van der Waals surface area contributed by atoms with Crippen molar-refractivity contribution in [3.8, 4) is 21.7 Å². The molecule has 0 spiro atoms. The number of carbonyl (C=O) groups is 1. The minimum Gasteiger partial charge on any atom is -0.464 e. The molecule has 2 aromatic heterocycles. The van der Waals surface area contributed by atoms with Gasteiger partial charge in [-0.3, -0.25) is 0 Å². The van der Waals surface area contributed by atoms with Crippen LogP contribution in [0.25, 0.3) is 21.7 Å². The second-order valence-electron chi connectivity index (χ2n) is 8.11. The molecule has 5 rings (SSSR count). The third kappa shape index (κ3) is 6.37. The lowest BCUT2D eigenvalue weighted by Gasteiger charge is -2.14. The van der Waals surface area contributed by atoms with E-state index in [0.717, 1.165) is 16.8 Å². The average molecular weight is 573 g/mol. The van der Waals surface area contributed by atoms with Gasteiger partial charge in [0.05, 0.1) is 29.1 Å². The normalized spacial score (nSPS) is 10.5. The first-order chi connectivity index (χ1) is 19.0. The Bertz CT molecular complexity index is 1610. The Balaban J connectivity index is 1.32. The number of benzene rings is 3. The van der Waals surface area contributed by atoms with Crippen LogP contribution in [0, 0.1) is 0 Å². The first-order valence-corrected chi connectivity index (χ1v) is 13.3. The van der Waals surface area contributed by atoms with Gasteiger partial charge in [0.1, 0.15) is 0 Å². The number of ether oxygens (including phenoxy) is 1. The number of thiazole rings is 1. The minimum atomic E-state index is -0.527. The summed E-state index contributed by atoms with van der Waals surface area (Å²) in [6.07, 6.45) is 0. The lowest BCUT2D eigenvalue weighted by Crippen LogP contribution is -2.20. The molecule has 0 saturated carbocycles. The first-order valence-electron chi connectivity index (χ1n) is 11.7. The highest BCUT2D eigenvalue weighted by atomic mass is 35.5. The van der Waals surface area contributed by atoms with Crippen LogP contribution in [-0.2, 0) is 4.74 Å². The molecule has 8 nitrogen and oxygen atoms in total. The van der Waals surface area contributed by atoms with Crippen LogP contribution in [-0.4, -0.2) is 33.4 Å². The topological polar surface area (TPSA) is 101 Å². The monoisotopic (exact) mass is 572 g/mol. The molecule has 11 heteroatoms. The van der Waals surface area contributed by atoms with Gasteiger partial charge in [0, 0.05) is 10.6 Å². The third-order valence-electron chi connectivity index (χ3n) is 5.50. The fourth-order valence-corrected chi connectivity index (χ4v) is 4.96. The number of halogens is 1. The molecule has 0 atom stereocenters. The maximum atomic E-state index is 12.4. The number of carbonyl (C=O) groups excluding carboxylic acids is 1. The first kappa shape index (κ1) is 26.2. The Hall–Kier alpha value is -4.38. The second-order valence-corrected chi connectivity index (χ2v) is 9.96. The molecule has 39 heavy (non-hydrogen) atoms. The van der Waals surface area contributed by atoms with E-state index in [1.807, 2.05) is 78.9 Å². The molecule has 3 N–H and O–H groups in total. The Morgan fingerprint density at radius 1 is 0.846 bits per heavy atom. The zero-order valence-corrected chi connectivity index (χ0v) is 22.9. The van der Waals surface area contributed by atoms with E-state index in [4.69, 9.17) is 28.6 Å². The van der Waals surface area contributed by atoms with Crippen molar-refractivity contribution < 1.29 is 9.53 Å². The van der Waals surface area contributed by atoms with E-state index in [0.29, 0.717) is 37.3 Å². The highest BCUT2D eigenvalue weighted by Crippen LogP contribution is 2.36. The number of nitrogens with one attached hydrogen (secondary N) is 3. The Labute approximate surface area is 239 Å². The quantitative estimate of drug-likeness (QED) is 0.137. The second kappa shape index (κ2) is 12.0. The smallest absolute Gasteiger partial charge is 0.358 e. The van der Waals surface area contributed by atoms with Crippen molar-refractivity contribution >= 4 is 68.6 Å². The molecule has 0 fully saturated rings. The summed E-state index contributed by atoms with van der Waals surface area (Å²) < 4.78 is 4.95. The molecule has 3 aromatic carbocycles. The SMILES string of the molecule is COC(=O)c1nc(Nc2ccccc2NC(=S)Nc2ccc(-c3ccccc3)nn2)sc1-c1ccc(Cl)cc1. The highest BCUT2D eigenvalue weighted by Gasteiger charge is 2.21. The molecule has 0 bridgehead atoms. The largest absolute Gasteiger partial charge is 0.464 e. The standard InChI is InChI=1S/C28H21ClN6O2S2/c1-37-26(36)24-25(18-11-13-19(29)14-12-18)39-28(33-24)31-22-10-6-5-9-21(22)30-27(38)32-23-16-15-20(34-35-23)17-7-3-2-4-8-17/h2-16H,1H3,(H,31,33)(H2,30,32,35,38). The summed E-state index contributed by atoms with van der Waals surface area (Å²) in [6, 6.07) is 28.2. The number of hydrogen-bond acceptors (Lipinski definition) is 8. The van der Waals surface area contributed by atoms with E-state index in [2.05, 4.69) is 31.1 Å². The number of para-hydroxylation sites is 2. The van der Waals surface area contributed by atoms with Gasteiger partial charge < -0.3 is 20.7 Å². The molecule has 0 aliphatic carbocycles. The molecular formula is C28H21ClN6O2S2. The van der Waals surface area contributed by atoms with Crippen molar-refractivity contribution in [1.29, 1.82) is 0 Å². The van der Waals surface area contributed by atoms with Crippen molar-refractivity contribution in [2.45, 2.75) is 0 Å². The van der Waals surface area contributed by atoms with Crippen molar-refractivity contribution in [3.63, 3.8) is 0 Å². The fourth-order valence-electron chi connectivity index (χ4n) is 3.65. The number of anilines is 4. The van der Waals surface area contributed by atoms with Gasteiger partial charge in [0.15, 0.2) is 21.8 Å². The van der Waals surface area contributed by atoms with Crippen LogP contribution < -0.4 is 16.0 Å². The maximum absolute atomic E-state index is 12.4. The van der Waals surface area contributed by atoms with Crippen LogP contribution in [0.2, 0.25) is 5.02 Å². The molecule has 0 aliphatic heterocycles. The van der Waals surface area contributed by atoms with Gasteiger partial charge in [-0.15, -0.1) is 10.2 Å². The van der Waals surface area contributed by atoms with E-state index in [-0.39, 0.29) is 5.69 Å². The molecule has 2 heterocycles. The average Bonchev–Trinajstić information content (AvgIpc) is 3.38. The number of rotatable bonds is 7. The fraction of sp³-hybridized carbons (Fsp3) is 0.0357. The van der Waals surface area contributed by atoms with E-state index in [9.17, 15) is 4.79 Å². The predicted octanol–water partition coefficient (Wildman–Crippen LogP) is 7.26. The Kier molecular flexibility index (Phi) is 8.07. The number of nitrogens with zero attached hydrogens (tertiary/aromatic N) is 3. The predicted molar refractivity (Wildman–Crippen MR) is 161 cm³/mol. The molecule has 194 valence electrons. The van der Waals surface area contributed by atoms with Gasteiger partial charge in [-0.05, 0) is 54.2 Å². The lowest BCUT2D eigenvalue weighted by molar-refractivity contribution is 0.0596. The molecule has 0 unspecified atom stereocenters. The number of aromatic nitrogens is 3. The van der Waals surface area contributed by atoms with Gasteiger partial charge in [0.2, 0.25) is 0 Å². The molecule has 0 amide bonds. The molecule has 0 radical (unpaired) electrons. The van der Waals surface area contributed by atoms with E-state index in [1.54, 1.807) is 12.1 Å². The molecule has 5 aromatic rings. The van der Waals surface area contributed by atoms with Crippen LogP contribution in [0.15, 0.2) is 91.0 Å². The van der Waals surface area contributed by atoms with Crippen molar-refractivity contribution in [2.24, 2.45) is 0 Å². The van der Waals surface area contributed by atoms with Crippen molar-refractivity contribution in [1.82, 2.24) is 15.2 Å². The number of esters is 1. The van der Waals surface area contributed by atoms with Gasteiger partial charge in [-0.2, -0.15) is 0 Å². The van der Waals surface area contributed by atoms with E-state index < -0.39 is 5.97 Å².